The number of carbonyl (C=O) groups is 2. The molecule has 2 rings (SSSR count). The lowest BCUT2D eigenvalue weighted by atomic mass is 9.51. The molecule has 0 aromatic carbocycles. The van der Waals surface area contributed by atoms with Crippen LogP contribution >= 0.6 is 0 Å². The van der Waals surface area contributed by atoms with Gasteiger partial charge in [0.15, 0.2) is 0 Å². The number of aldehydes is 1. The topological polar surface area (TPSA) is 54.4 Å². The number of hydrogen-bond acceptors (Lipinski definition) is 2. The van der Waals surface area contributed by atoms with Crippen LogP contribution in [0.1, 0.15) is 66.2 Å². The quantitative estimate of drug-likeness (QED) is 0.451. The van der Waals surface area contributed by atoms with Crippen LogP contribution in [0.3, 0.4) is 0 Å². The maximum absolute atomic E-state index is 11.9. The van der Waals surface area contributed by atoms with Crippen molar-refractivity contribution < 1.29 is 14.7 Å². The molecule has 0 aliphatic heterocycles. The van der Waals surface area contributed by atoms with E-state index in [4.69, 9.17) is 0 Å². The number of allylic oxidation sites excluding steroid dienone is 4. The number of rotatable bonds is 5. The minimum Gasteiger partial charge on any atom is -0.481 e. The fourth-order valence-corrected chi connectivity index (χ4v) is 4.62. The largest absolute Gasteiger partial charge is 0.481 e. The summed E-state index contributed by atoms with van der Waals surface area (Å²) in [4.78, 5) is 22.5. The first-order valence-electron chi connectivity index (χ1n) is 8.80. The number of aliphatic carboxylic acids is 1. The van der Waals surface area contributed by atoms with Crippen molar-refractivity contribution in [3.63, 3.8) is 0 Å². The van der Waals surface area contributed by atoms with E-state index in [1.165, 1.54) is 5.57 Å². The zero-order chi connectivity index (χ0) is 17.3. The average molecular weight is 318 g/mol. The monoisotopic (exact) mass is 318 g/mol. The summed E-state index contributed by atoms with van der Waals surface area (Å²) in [5.74, 6) is 0.0533. The maximum Gasteiger partial charge on any atom is 0.309 e. The van der Waals surface area contributed by atoms with Gasteiger partial charge in [-0.05, 0) is 75.7 Å². The first-order chi connectivity index (χ1) is 10.8. The number of fused-ring (bicyclic) bond motifs is 1. The Labute approximate surface area is 139 Å². The van der Waals surface area contributed by atoms with Crippen molar-refractivity contribution in [2.24, 2.45) is 22.7 Å². The van der Waals surface area contributed by atoms with Crippen LogP contribution in [0.2, 0.25) is 0 Å². The molecule has 1 saturated carbocycles. The van der Waals surface area contributed by atoms with Crippen molar-refractivity contribution in [3.05, 3.63) is 23.3 Å². The Balaban J connectivity index is 2.31. The minimum atomic E-state index is -0.651. The molecule has 3 heteroatoms. The summed E-state index contributed by atoms with van der Waals surface area (Å²) in [5.41, 5.74) is 1.89. The fraction of sp³-hybridized carbons (Fsp3) is 0.700. The van der Waals surface area contributed by atoms with E-state index in [0.717, 1.165) is 50.4 Å². The van der Waals surface area contributed by atoms with Crippen LogP contribution in [0.25, 0.3) is 0 Å². The van der Waals surface area contributed by atoms with Crippen molar-refractivity contribution in [2.75, 3.05) is 0 Å². The highest BCUT2D eigenvalue weighted by atomic mass is 16.4. The van der Waals surface area contributed by atoms with Crippen molar-refractivity contribution >= 4 is 12.3 Å². The van der Waals surface area contributed by atoms with Gasteiger partial charge >= 0.3 is 5.97 Å². The summed E-state index contributed by atoms with van der Waals surface area (Å²) in [6.07, 6.45) is 10.4. The standard InChI is InChI=1S/C20H30O3/c1-14(10-13-21)9-12-19(3)15(2)7-8-17-16(19)6-5-11-20(17,4)18(22)23/h6,10,13,15,17H,5,7-9,11-12H2,1-4H3,(H,22,23)/b14-10-/t15-,17+,19+,20+/m1/s1. The minimum absolute atomic E-state index is 0.0397. The van der Waals surface area contributed by atoms with Crippen molar-refractivity contribution in [2.45, 2.75) is 66.2 Å². The SMILES string of the molecule is C/C(=C/C=O)CC[C@]1(C)C2=CCC[C@](C)(C(=O)O)[C@H]2CC[C@H]1C. The molecule has 4 atom stereocenters. The van der Waals surface area contributed by atoms with Gasteiger partial charge in [-0.15, -0.1) is 0 Å². The highest BCUT2D eigenvalue weighted by molar-refractivity contribution is 5.75. The average Bonchev–Trinajstić information content (AvgIpc) is 2.50. The van der Waals surface area contributed by atoms with Gasteiger partial charge in [0.05, 0.1) is 5.41 Å². The maximum atomic E-state index is 11.9. The van der Waals surface area contributed by atoms with Gasteiger partial charge < -0.3 is 5.11 Å². The van der Waals surface area contributed by atoms with E-state index in [1.54, 1.807) is 6.08 Å². The summed E-state index contributed by atoms with van der Waals surface area (Å²) >= 11 is 0. The lowest BCUT2D eigenvalue weighted by Crippen LogP contribution is -2.47. The Hall–Kier alpha value is -1.38. The Morgan fingerprint density at radius 3 is 2.70 bits per heavy atom. The lowest BCUT2D eigenvalue weighted by Gasteiger charge is -2.52. The molecule has 2 aliphatic rings. The molecule has 0 heterocycles. The van der Waals surface area contributed by atoms with E-state index in [-0.39, 0.29) is 11.3 Å². The van der Waals surface area contributed by atoms with Crippen molar-refractivity contribution in [3.8, 4) is 0 Å². The summed E-state index contributed by atoms with van der Waals surface area (Å²) in [6.45, 7) is 8.53. The zero-order valence-electron chi connectivity index (χ0n) is 14.9. The molecule has 1 fully saturated rings. The van der Waals surface area contributed by atoms with Gasteiger partial charge in [-0.25, -0.2) is 0 Å². The van der Waals surface area contributed by atoms with Gasteiger partial charge in [0.1, 0.15) is 6.29 Å². The van der Waals surface area contributed by atoms with Gasteiger partial charge in [0.2, 0.25) is 0 Å². The fourth-order valence-electron chi connectivity index (χ4n) is 4.62. The van der Waals surface area contributed by atoms with Gasteiger partial charge in [0.25, 0.3) is 0 Å². The third-order valence-corrected chi connectivity index (χ3v) is 6.69. The Morgan fingerprint density at radius 1 is 1.39 bits per heavy atom. The molecule has 0 unspecified atom stereocenters. The highest BCUT2D eigenvalue weighted by Gasteiger charge is 2.52. The number of hydrogen-bond donors (Lipinski definition) is 1. The number of carboxylic acid groups (broad SMARTS) is 1. The predicted octanol–water partition coefficient (Wildman–Crippen LogP) is 4.78. The van der Waals surface area contributed by atoms with Crippen molar-refractivity contribution in [1.29, 1.82) is 0 Å². The molecule has 0 aromatic heterocycles. The molecule has 0 aromatic rings. The van der Waals surface area contributed by atoms with Gasteiger partial charge in [-0.2, -0.15) is 0 Å². The summed E-state index contributed by atoms with van der Waals surface area (Å²) in [6, 6.07) is 0. The first kappa shape index (κ1) is 18.0. The lowest BCUT2D eigenvalue weighted by molar-refractivity contribution is -0.152. The normalized spacial score (nSPS) is 37.7. The van der Waals surface area contributed by atoms with Crippen LogP contribution in [-0.2, 0) is 9.59 Å². The molecular formula is C20H30O3. The van der Waals surface area contributed by atoms with Gasteiger partial charge in [-0.3, -0.25) is 9.59 Å². The van der Waals surface area contributed by atoms with Crippen LogP contribution in [-0.4, -0.2) is 17.4 Å². The second kappa shape index (κ2) is 6.62. The van der Waals surface area contributed by atoms with Gasteiger partial charge in [0, 0.05) is 0 Å². The molecule has 2 aliphatic carbocycles. The van der Waals surface area contributed by atoms with E-state index in [9.17, 15) is 14.7 Å². The summed E-state index contributed by atoms with van der Waals surface area (Å²) in [7, 11) is 0. The number of carbonyl (C=O) groups excluding carboxylic acids is 1. The molecule has 0 spiro atoms. The summed E-state index contributed by atoms with van der Waals surface area (Å²) in [5, 5.41) is 9.79. The van der Waals surface area contributed by atoms with Gasteiger partial charge in [-0.1, -0.05) is 31.1 Å². The van der Waals surface area contributed by atoms with Crippen LogP contribution in [0, 0.1) is 22.7 Å². The zero-order valence-corrected chi connectivity index (χ0v) is 14.9. The molecule has 128 valence electrons. The van der Waals surface area contributed by atoms with E-state index in [1.807, 2.05) is 13.8 Å². The second-order valence-corrected chi connectivity index (χ2v) is 8.02. The van der Waals surface area contributed by atoms with Crippen molar-refractivity contribution in [1.82, 2.24) is 0 Å². The molecule has 23 heavy (non-hydrogen) atoms. The molecule has 0 bridgehead atoms. The molecule has 0 radical (unpaired) electrons. The van der Waals surface area contributed by atoms with E-state index in [2.05, 4.69) is 19.9 Å². The molecule has 1 N–H and O–H groups in total. The number of carboxylic acids is 1. The Bertz CT molecular complexity index is 545. The second-order valence-electron chi connectivity index (χ2n) is 8.02. The molecular weight excluding hydrogens is 288 g/mol. The molecule has 0 saturated heterocycles. The Kier molecular flexibility index (Phi) is 5.17. The smallest absolute Gasteiger partial charge is 0.309 e. The highest BCUT2D eigenvalue weighted by Crippen LogP contribution is 2.58. The Morgan fingerprint density at radius 2 is 2.09 bits per heavy atom. The predicted molar refractivity (Wildman–Crippen MR) is 92.1 cm³/mol. The van der Waals surface area contributed by atoms with E-state index < -0.39 is 11.4 Å². The van der Waals surface area contributed by atoms with E-state index in [0.29, 0.717) is 5.92 Å². The third-order valence-electron chi connectivity index (χ3n) is 6.69. The third kappa shape index (κ3) is 3.15. The molecule has 0 amide bonds. The van der Waals surface area contributed by atoms with Crippen LogP contribution in [0.15, 0.2) is 23.3 Å². The van der Waals surface area contributed by atoms with Crippen LogP contribution in [0.4, 0.5) is 0 Å². The summed E-state index contributed by atoms with van der Waals surface area (Å²) < 4.78 is 0. The molecule has 3 nitrogen and oxygen atoms in total. The van der Waals surface area contributed by atoms with Crippen LogP contribution in [0.5, 0.6) is 0 Å². The first-order valence-corrected chi connectivity index (χ1v) is 8.80. The van der Waals surface area contributed by atoms with E-state index >= 15 is 0 Å². The van der Waals surface area contributed by atoms with Crippen LogP contribution < -0.4 is 0 Å².